The third-order valence-corrected chi connectivity index (χ3v) is 14.7. The lowest BCUT2D eigenvalue weighted by molar-refractivity contribution is 0.660. The Morgan fingerprint density at radius 2 is 0.864 bits per heavy atom. The summed E-state index contributed by atoms with van der Waals surface area (Å²) in [6.07, 6.45) is 0. The van der Waals surface area contributed by atoms with Crippen molar-refractivity contribution in [3.63, 3.8) is 0 Å². The van der Waals surface area contributed by atoms with E-state index in [0.29, 0.717) is 0 Å². The van der Waals surface area contributed by atoms with Gasteiger partial charge in [-0.3, -0.25) is 0 Å². The first kappa shape index (κ1) is 38.3. The molecule has 0 atom stereocenters. The number of hydrogen-bond acceptors (Lipinski definition) is 1. The molecule has 0 unspecified atom stereocenters. The number of para-hydroxylation sites is 3. The zero-order valence-corrected chi connectivity index (χ0v) is 37.0. The normalized spacial score (nSPS) is 13.8. The SMILES string of the molecule is CC1(C)c2ccccc2-c2ccc(N(c3ccc4c(c3)C(c3ccccc3)(c3ccccc3)c3cccc(-n5c6ccccc6c6ccccc65)c3-4)c3ccccc3-c3ccccc3)cc21. The minimum absolute atomic E-state index is 0.162. The van der Waals surface area contributed by atoms with Crippen molar-refractivity contribution in [2.24, 2.45) is 0 Å². The van der Waals surface area contributed by atoms with Crippen LogP contribution in [0.4, 0.5) is 17.1 Å². The molecular formula is C64H46N2. The van der Waals surface area contributed by atoms with Crippen LogP contribution in [-0.4, -0.2) is 4.57 Å². The van der Waals surface area contributed by atoms with E-state index < -0.39 is 5.41 Å². The number of hydrogen-bond donors (Lipinski definition) is 0. The van der Waals surface area contributed by atoms with Gasteiger partial charge in [0.25, 0.3) is 0 Å². The average molecular weight is 843 g/mol. The molecule has 2 aliphatic carbocycles. The van der Waals surface area contributed by atoms with Gasteiger partial charge in [0, 0.05) is 38.7 Å². The highest BCUT2D eigenvalue weighted by Crippen LogP contribution is 2.60. The lowest BCUT2D eigenvalue weighted by Crippen LogP contribution is -2.29. The highest BCUT2D eigenvalue weighted by atomic mass is 15.1. The number of anilines is 3. The van der Waals surface area contributed by atoms with E-state index in [2.05, 4.69) is 266 Å². The number of benzene rings is 10. The second kappa shape index (κ2) is 14.7. The molecule has 0 bridgehead atoms. The lowest BCUT2D eigenvalue weighted by Gasteiger charge is -2.35. The van der Waals surface area contributed by atoms with Crippen LogP contribution in [0, 0.1) is 0 Å². The predicted octanol–water partition coefficient (Wildman–Crippen LogP) is 16.6. The van der Waals surface area contributed by atoms with Gasteiger partial charge < -0.3 is 9.47 Å². The van der Waals surface area contributed by atoms with Crippen molar-refractivity contribution in [3.05, 3.63) is 276 Å². The summed E-state index contributed by atoms with van der Waals surface area (Å²) in [5, 5.41) is 2.51. The number of rotatable bonds is 7. The Labute approximate surface area is 386 Å². The summed E-state index contributed by atoms with van der Waals surface area (Å²) in [6.45, 7) is 4.75. The minimum Gasteiger partial charge on any atom is -0.310 e. The first-order chi connectivity index (χ1) is 32.5. The summed E-state index contributed by atoms with van der Waals surface area (Å²) in [5.41, 5.74) is 21.4. The maximum absolute atomic E-state index is 2.51. The van der Waals surface area contributed by atoms with E-state index in [0.717, 1.165) is 17.1 Å². The van der Waals surface area contributed by atoms with Crippen LogP contribution in [0.15, 0.2) is 243 Å². The first-order valence-electron chi connectivity index (χ1n) is 23.1. The van der Waals surface area contributed by atoms with Crippen LogP contribution < -0.4 is 4.90 Å². The van der Waals surface area contributed by atoms with Gasteiger partial charge in [0.05, 0.1) is 27.8 Å². The standard InChI is InChI=1S/C64H46N2/c1-63(2)54-31-16-12-28-49(54)50-39-37-46(41-56(50)63)65(58-33-17-13-27-48(58)43-21-6-3-7-22-43)47-38-40-53-57(42-47)64(44-23-8-4-9-24-44,45-25-10-5-11-26-45)55-32-20-36-61(62(53)55)66-59-34-18-14-29-51(59)52-30-15-19-35-60(52)66/h3-42H,1-2H3. The molecular weight excluding hydrogens is 797 g/mol. The van der Waals surface area contributed by atoms with E-state index in [1.165, 1.54) is 94.3 Å². The van der Waals surface area contributed by atoms with Gasteiger partial charge in [-0.1, -0.05) is 208 Å². The highest BCUT2D eigenvalue weighted by Gasteiger charge is 2.48. The molecule has 2 nitrogen and oxygen atoms in total. The van der Waals surface area contributed by atoms with E-state index >= 15 is 0 Å². The zero-order chi connectivity index (χ0) is 44.0. The van der Waals surface area contributed by atoms with Crippen molar-refractivity contribution in [1.82, 2.24) is 4.57 Å². The van der Waals surface area contributed by atoms with Crippen LogP contribution in [-0.2, 0) is 10.8 Å². The van der Waals surface area contributed by atoms with Crippen LogP contribution in [0.2, 0.25) is 0 Å². The maximum atomic E-state index is 2.51. The van der Waals surface area contributed by atoms with Crippen LogP contribution in [0.1, 0.15) is 47.2 Å². The molecule has 0 radical (unpaired) electrons. The van der Waals surface area contributed by atoms with Crippen molar-refractivity contribution in [2.75, 3.05) is 4.90 Å². The summed E-state index contributed by atoms with van der Waals surface area (Å²) in [4.78, 5) is 2.51. The fraction of sp³-hybridized carbons (Fsp3) is 0.0625. The molecule has 0 amide bonds. The van der Waals surface area contributed by atoms with E-state index in [4.69, 9.17) is 0 Å². The maximum Gasteiger partial charge on any atom is 0.0715 e. The van der Waals surface area contributed by atoms with Gasteiger partial charge in [0.1, 0.15) is 0 Å². The fourth-order valence-corrected chi connectivity index (χ4v) is 11.8. The average Bonchev–Trinajstić information content (AvgIpc) is 3.96. The second-order valence-corrected chi connectivity index (χ2v) is 18.4. The Kier molecular flexibility index (Phi) is 8.51. The molecule has 0 saturated heterocycles. The van der Waals surface area contributed by atoms with Gasteiger partial charge >= 0.3 is 0 Å². The van der Waals surface area contributed by atoms with Crippen LogP contribution in [0.25, 0.3) is 60.9 Å². The lowest BCUT2D eigenvalue weighted by atomic mass is 9.67. The summed E-state index contributed by atoms with van der Waals surface area (Å²) >= 11 is 0. The third kappa shape index (κ3) is 5.42. The van der Waals surface area contributed by atoms with Crippen molar-refractivity contribution < 1.29 is 0 Å². The third-order valence-electron chi connectivity index (χ3n) is 14.7. The van der Waals surface area contributed by atoms with Gasteiger partial charge in [-0.05, 0) is 104 Å². The smallest absolute Gasteiger partial charge is 0.0715 e. The molecule has 312 valence electrons. The van der Waals surface area contributed by atoms with Crippen molar-refractivity contribution in [2.45, 2.75) is 24.7 Å². The second-order valence-electron chi connectivity index (χ2n) is 18.4. The van der Waals surface area contributed by atoms with Gasteiger partial charge in [-0.15, -0.1) is 0 Å². The molecule has 0 fully saturated rings. The highest BCUT2D eigenvalue weighted by molar-refractivity contribution is 6.10. The predicted molar refractivity (Wildman–Crippen MR) is 276 cm³/mol. The molecule has 11 aromatic rings. The van der Waals surface area contributed by atoms with Crippen LogP contribution in [0.5, 0.6) is 0 Å². The molecule has 0 spiro atoms. The van der Waals surface area contributed by atoms with E-state index in [9.17, 15) is 0 Å². The number of nitrogens with zero attached hydrogens (tertiary/aromatic N) is 2. The number of fused-ring (bicyclic) bond motifs is 9. The molecule has 66 heavy (non-hydrogen) atoms. The molecule has 10 aromatic carbocycles. The Hall–Kier alpha value is -8.20. The monoisotopic (exact) mass is 842 g/mol. The molecule has 2 heteroatoms. The van der Waals surface area contributed by atoms with Crippen molar-refractivity contribution in [1.29, 1.82) is 0 Å². The van der Waals surface area contributed by atoms with E-state index in [1.807, 2.05) is 0 Å². The van der Waals surface area contributed by atoms with Gasteiger partial charge in [0.15, 0.2) is 0 Å². The van der Waals surface area contributed by atoms with Gasteiger partial charge in [-0.2, -0.15) is 0 Å². The zero-order valence-electron chi connectivity index (χ0n) is 37.0. The van der Waals surface area contributed by atoms with Crippen LogP contribution in [0.3, 0.4) is 0 Å². The van der Waals surface area contributed by atoms with Crippen LogP contribution >= 0.6 is 0 Å². The molecule has 0 aliphatic heterocycles. The minimum atomic E-state index is -0.635. The Balaban J connectivity index is 1.13. The topological polar surface area (TPSA) is 8.17 Å². The Morgan fingerprint density at radius 3 is 1.53 bits per heavy atom. The molecule has 1 aromatic heterocycles. The molecule has 0 saturated carbocycles. The van der Waals surface area contributed by atoms with Crippen molar-refractivity contribution in [3.8, 4) is 39.1 Å². The number of aromatic nitrogens is 1. The van der Waals surface area contributed by atoms with E-state index in [1.54, 1.807) is 0 Å². The van der Waals surface area contributed by atoms with Gasteiger partial charge in [-0.25, -0.2) is 0 Å². The van der Waals surface area contributed by atoms with E-state index in [-0.39, 0.29) is 5.41 Å². The summed E-state index contributed by atoms with van der Waals surface area (Å²) in [5.74, 6) is 0. The van der Waals surface area contributed by atoms with Crippen molar-refractivity contribution >= 4 is 38.9 Å². The molecule has 13 rings (SSSR count). The summed E-state index contributed by atoms with van der Waals surface area (Å²) in [7, 11) is 0. The largest absolute Gasteiger partial charge is 0.310 e. The quantitative estimate of drug-likeness (QED) is 0.155. The molecule has 0 N–H and O–H groups in total. The molecule has 1 heterocycles. The Bertz CT molecular complexity index is 3580. The Morgan fingerprint density at radius 1 is 0.364 bits per heavy atom. The summed E-state index contributed by atoms with van der Waals surface area (Å²) in [6, 6.07) is 90.2. The summed E-state index contributed by atoms with van der Waals surface area (Å²) < 4.78 is 2.50. The fourth-order valence-electron chi connectivity index (χ4n) is 11.8. The molecule has 2 aliphatic rings. The van der Waals surface area contributed by atoms with Gasteiger partial charge in [0.2, 0.25) is 0 Å². The first-order valence-corrected chi connectivity index (χ1v) is 23.1.